The summed E-state index contributed by atoms with van der Waals surface area (Å²) in [6.45, 7) is 1.92. The molecule has 2 heterocycles. The van der Waals surface area contributed by atoms with Gasteiger partial charge in [0.2, 0.25) is 0 Å². The summed E-state index contributed by atoms with van der Waals surface area (Å²) >= 11 is 0. The molecule has 2 bridgehead atoms. The first-order chi connectivity index (χ1) is 9.61. The van der Waals surface area contributed by atoms with Gasteiger partial charge in [-0.15, -0.1) is 0 Å². The van der Waals surface area contributed by atoms with Crippen molar-refractivity contribution in [2.75, 3.05) is 7.05 Å². The molecule has 20 heavy (non-hydrogen) atoms. The van der Waals surface area contributed by atoms with Crippen LogP contribution in [-0.4, -0.2) is 29.8 Å². The van der Waals surface area contributed by atoms with Gasteiger partial charge < -0.3 is 0 Å². The molecule has 1 fully saturated rings. The first kappa shape index (κ1) is 13.5. The maximum atomic E-state index is 13.1. The number of nitrogens with zero attached hydrogens (tertiary/aromatic N) is 1. The molecule has 0 saturated carbocycles. The molecule has 0 aromatic heterocycles. The minimum Gasteiger partial charge on any atom is -0.296 e. The molecule has 1 unspecified atom stereocenters. The van der Waals surface area contributed by atoms with Gasteiger partial charge in [-0.25, -0.2) is 4.39 Å². The van der Waals surface area contributed by atoms with Crippen LogP contribution in [0, 0.1) is 5.82 Å². The molecule has 0 radical (unpaired) electrons. The minimum atomic E-state index is -0.228. The lowest BCUT2D eigenvalue weighted by atomic mass is 9.86. The molecule has 1 saturated heterocycles. The second kappa shape index (κ2) is 5.13. The summed E-state index contributed by atoms with van der Waals surface area (Å²) in [4.78, 5) is 14.7. The van der Waals surface area contributed by atoms with Crippen molar-refractivity contribution in [1.29, 1.82) is 0 Å². The molecule has 0 N–H and O–H groups in total. The van der Waals surface area contributed by atoms with Crippen LogP contribution in [0.15, 0.2) is 29.8 Å². The van der Waals surface area contributed by atoms with E-state index in [9.17, 15) is 9.18 Å². The quantitative estimate of drug-likeness (QED) is 0.841. The third kappa shape index (κ3) is 2.10. The van der Waals surface area contributed by atoms with Gasteiger partial charge in [-0.2, -0.15) is 0 Å². The number of ketones is 1. The second-order valence-electron chi connectivity index (χ2n) is 5.79. The van der Waals surface area contributed by atoms with Crippen LogP contribution in [0.4, 0.5) is 4.39 Å². The highest BCUT2D eigenvalue weighted by atomic mass is 19.1. The third-order valence-corrected chi connectivity index (χ3v) is 4.75. The third-order valence-electron chi connectivity index (χ3n) is 4.75. The first-order valence-electron chi connectivity index (χ1n) is 7.36. The van der Waals surface area contributed by atoms with E-state index in [1.807, 2.05) is 6.92 Å². The monoisotopic (exact) mass is 273 g/mol. The maximum Gasteiger partial charge on any atom is 0.160 e. The lowest BCUT2D eigenvalue weighted by Crippen LogP contribution is -2.39. The summed E-state index contributed by atoms with van der Waals surface area (Å²) in [6.07, 6.45) is 3.65. The lowest BCUT2D eigenvalue weighted by molar-refractivity contribution is -0.115. The summed E-state index contributed by atoms with van der Waals surface area (Å²) in [5.74, 6) is 0.00939. The topological polar surface area (TPSA) is 20.3 Å². The Morgan fingerprint density at radius 2 is 2.00 bits per heavy atom. The van der Waals surface area contributed by atoms with Gasteiger partial charge in [-0.1, -0.05) is 19.1 Å². The molecule has 2 aliphatic rings. The van der Waals surface area contributed by atoms with Gasteiger partial charge in [0.25, 0.3) is 0 Å². The number of fused-ring (bicyclic) bond motifs is 2. The lowest BCUT2D eigenvalue weighted by Gasteiger charge is -2.34. The summed E-state index contributed by atoms with van der Waals surface area (Å²) < 4.78 is 13.1. The molecular weight excluding hydrogens is 253 g/mol. The van der Waals surface area contributed by atoms with E-state index < -0.39 is 0 Å². The van der Waals surface area contributed by atoms with Gasteiger partial charge in [0.15, 0.2) is 5.78 Å². The Labute approximate surface area is 119 Å². The fourth-order valence-electron chi connectivity index (χ4n) is 3.62. The number of hydrogen-bond donors (Lipinski definition) is 0. The molecule has 0 spiro atoms. The number of hydrogen-bond acceptors (Lipinski definition) is 2. The molecular formula is C17H20FNO. The van der Waals surface area contributed by atoms with Crippen molar-refractivity contribution in [2.24, 2.45) is 0 Å². The van der Waals surface area contributed by atoms with Gasteiger partial charge in [-0.05, 0) is 49.6 Å². The second-order valence-corrected chi connectivity index (χ2v) is 5.79. The highest BCUT2D eigenvalue weighted by molar-refractivity contribution is 6.04. The highest BCUT2D eigenvalue weighted by Gasteiger charge is 2.41. The highest BCUT2D eigenvalue weighted by Crippen LogP contribution is 2.42. The largest absolute Gasteiger partial charge is 0.296 e. The SMILES string of the molecule is CCC(=O)C1=C(c2ccc(F)cc2)CC2CC[C@@H]1N2C. The fourth-order valence-corrected chi connectivity index (χ4v) is 3.62. The van der Waals surface area contributed by atoms with E-state index in [0.717, 1.165) is 36.0 Å². The molecule has 0 amide bonds. The average molecular weight is 273 g/mol. The number of Topliss-reactive ketones (excluding diaryl/α,β-unsaturated/α-hetero) is 1. The summed E-state index contributed by atoms with van der Waals surface area (Å²) in [7, 11) is 2.12. The minimum absolute atomic E-state index is 0.228. The Hall–Kier alpha value is -1.48. The predicted molar refractivity (Wildman–Crippen MR) is 77.8 cm³/mol. The van der Waals surface area contributed by atoms with Crippen molar-refractivity contribution in [3.63, 3.8) is 0 Å². The van der Waals surface area contributed by atoms with Crippen LogP contribution >= 0.6 is 0 Å². The zero-order valence-corrected chi connectivity index (χ0v) is 12.0. The molecule has 3 heteroatoms. The van der Waals surface area contributed by atoms with Gasteiger partial charge >= 0.3 is 0 Å². The molecule has 2 atom stereocenters. The van der Waals surface area contributed by atoms with E-state index in [4.69, 9.17) is 0 Å². The number of carbonyl (C=O) groups is 1. The van der Waals surface area contributed by atoms with Crippen molar-refractivity contribution in [1.82, 2.24) is 4.90 Å². The van der Waals surface area contributed by atoms with E-state index in [0.29, 0.717) is 12.5 Å². The van der Waals surface area contributed by atoms with Crippen molar-refractivity contribution < 1.29 is 9.18 Å². The number of benzene rings is 1. The Kier molecular flexibility index (Phi) is 3.47. The van der Waals surface area contributed by atoms with Crippen LogP contribution in [0.1, 0.15) is 38.2 Å². The smallest absolute Gasteiger partial charge is 0.160 e. The van der Waals surface area contributed by atoms with E-state index in [1.165, 1.54) is 12.1 Å². The van der Waals surface area contributed by atoms with Gasteiger partial charge in [0.1, 0.15) is 5.82 Å². The Morgan fingerprint density at radius 3 is 2.65 bits per heavy atom. The number of rotatable bonds is 3. The van der Waals surface area contributed by atoms with Gasteiger partial charge in [0.05, 0.1) is 0 Å². The van der Waals surface area contributed by atoms with Crippen molar-refractivity contribution >= 4 is 11.4 Å². The number of carbonyl (C=O) groups excluding carboxylic acids is 1. The van der Waals surface area contributed by atoms with E-state index in [2.05, 4.69) is 11.9 Å². The maximum absolute atomic E-state index is 13.1. The van der Waals surface area contributed by atoms with E-state index in [1.54, 1.807) is 12.1 Å². The standard InChI is InChI=1S/C17H20FNO/c1-3-16(20)17-14(11-4-6-12(18)7-5-11)10-13-8-9-15(17)19(13)2/h4-7,13,15H,3,8-10H2,1-2H3/t13?,15-/m0/s1. The van der Waals surface area contributed by atoms with Crippen molar-refractivity contribution in [2.45, 2.75) is 44.7 Å². The first-order valence-corrected chi connectivity index (χ1v) is 7.36. The van der Waals surface area contributed by atoms with Crippen molar-refractivity contribution in [3.8, 4) is 0 Å². The Morgan fingerprint density at radius 1 is 1.30 bits per heavy atom. The summed E-state index contributed by atoms with van der Waals surface area (Å²) in [5, 5.41) is 0. The summed E-state index contributed by atoms with van der Waals surface area (Å²) in [5.41, 5.74) is 3.12. The molecule has 3 rings (SSSR count). The molecule has 2 aliphatic heterocycles. The zero-order valence-electron chi connectivity index (χ0n) is 12.0. The number of halogens is 1. The zero-order chi connectivity index (χ0) is 14.3. The summed E-state index contributed by atoms with van der Waals surface area (Å²) in [6, 6.07) is 7.35. The van der Waals surface area contributed by atoms with Crippen LogP contribution in [0.2, 0.25) is 0 Å². The Bertz CT molecular complexity index is 561. The fraction of sp³-hybridized carbons (Fsp3) is 0.471. The molecule has 106 valence electrons. The number of likely N-dealkylation sites (N-methyl/N-ethyl adjacent to an activating group) is 1. The van der Waals surface area contributed by atoms with Crippen LogP contribution < -0.4 is 0 Å². The predicted octanol–water partition coefficient (Wildman–Crippen LogP) is 3.42. The Balaban J connectivity index is 2.10. The van der Waals surface area contributed by atoms with Crippen LogP contribution in [0.3, 0.4) is 0 Å². The molecule has 0 aliphatic carbocycles. The van der Waals surface area contributed by atoms with Crippen LogP contribution in [0.5, 0.6) is 0 Å². The normalized spacial score (nSPS) is 26.1. The van der Waals surface area contributed by atoms with Gasteiger partial charge in [-0.3, -0.25) is 9.69 Å². The molecule has 1 aromatic carbocycles. The molecule has 1 aromatic rings. The van der Waals surface area contributed by atoms with E-state index in [-0.39, 0.29) is 17.6 Å². The average Bonchev–Trinajstić information content (AvgIpc) is 2.70. The van der Waals surface area contributed by atoms with Crippen molar-refractivity contribution in [3.05, 3.63) is 41.2 Å². The van der Waals surface area contributed by atoms with Crippen LogP contribution in [0.25, 0.3) is 5.57 Å². The molecule has 2 nitrogen and oxygen atoms in total. The van der Waals surface area contributed by atoms with E-state index >= 15 is 0 Å². The van der Waals surface area contributed by atoms with Crippen LogP contribution in [-0.2, 0) is 4.79 Å². The van der Waals surface area contributed by atoms with Gasteiger partial charge in [0, 0.05) is 24.1 Å².